The number of hydrogen-bond acceptors (Lipinski definition) is 5. The van der Waals surface area contributed by atoms with Gasteiger partial charge in [0.05, 0.1) is 12.8 Å². The summed E-state index contributed by atoms with van der Waals surface area (Å²) in [5.41, 5.74) is 3.44. The molecule has 4 aromatic rings. The molecule has 0 saturated heterocycles. The van der Waals surface area contributed by atoms with E-state index in [-0.39, 0.29) is 23.7 Å². The number of nitrogens with one attached hydrogen (secondary N) is 1. The van der Waals surface area contributed by atoms with Crippen LogP contribution in [0.5, 0.6) is 5.75 Å². The molecule has 1 aromatic heterocycles. The predicted molar refractivity (Wildman–Crippen MR) is 182 cm³/mol. The van der Waals surface area contributed by atoms with E-state index in [1.54, 1.807) is 19.2 Å². The van der Waals surface area contributed by atoms with Crippen LogP contribution in [0.4, 0.5) is 10.2 Å². The van der Waals surface area contributed by atoms with Crippen LogP contribution in [-0.2, 0) is 16.9 Å². The third-order valence-electron chi connectivity index (χ3n) is 9.14. The van der Waals surface area contributed by atoms with Crippen LogP contribution in [0.3, 0.4) is 0 Å². The first-order chi connectivity index (χ1) is 22.2. The van der Waals surface area contributed by atoms with Gasteiger partial charge in [-0.15, -0.1) is 0 Å². The summed E-state index contributed by atoms with van der Waals surface area (Å²) in [6.07, 6.45) is 7.20. The molecule has 0 spiro atoms. The second-order valence-corrected chi connectivity index (χ2v) is 13.0. The lowest BCUT2D eigenvalue weighted by Gasteiger charge is -2.41. The van der Waals surface area contributed by atoms with Crippen molar-refractivity contribution >= 4 is 35.0 Å². The van der Waals surface area contributed by atoms with E-state index < -0.39 is 5.54 Å². The highest BCUT2D eigenvalue weighted by molar-refractivity contribution is 6.30. The number of carbonyl (C=O) groups excluding carboxylic acids is 1. The van der Waals surface area contributed by atoms with Crippen LogP contribution < -0.4 is 15.0 Å². The van der Waals surface area contributed by atoms with Crippen LogP contribution in [0.2, 0.25) is 5.02 Å². The zero-order chi connectivity index (χ0) is 32.4. The fourth-order valence-corrected chi connectivity index (χ4v) is 6.88. The standard InChI is InChI=1S/C38H40ClFN4O2/c1-24(2)35-41-25(3)34-33(22-26-12-20-32(46-4)21-13-26)38(28-14-18-30(40)19-15-28,37(45)42-31-8-6-5-7-9-31)44(36(34)43-35)23-27-10-16-29(39)17-11-27/h10-22,24,31H,5-9,23H2,1-4H3,(H,42,45)/b33-22-. The number of halogens is 2. The molecule has 2 heterocycles. The molecular formula is C38H40ClFN4O2. The molecule has 0 radical (unpaired) electrons. The van der Waals surface area contributed by atoms with Gasteiger partial charge in [-0.2, -0.15) is 0 Å². The van der Waals surface area contributed by atoms with Gasteiger partial charge in [0, 0.05) is 34.7 Å². The largest absolute Gasteiger partial charge is 0.497 e. The van der Waals surface area contributed by atoms with Gasteiger partial charge in [-0.25, -0.2) is 14.4 Å². The van der Waals surface area contributed by atoms with Gasteiger partial charge in [-0.3, -0.25) is 4.79 Å². The second kappa shape index (κ2) is 13.2. The number of anilines is 1. The minimum absolute atomic E-state index is 0.0420. The Balaban J connectivity index is 1.67. The summed E-state index contributed by atoms with van der Waals surface area (Å²) >= 11 is 6.29. The average Bonchev–Trinajstić information content (AvgIpc) is 3.33. The number of ether oxygens (including phenoxy) is 1. The summed E-state index contributed by atoms with van der Waals surface area (Å²) in [6, 6.07) is 21.8. The van der Waals surface area contributed by atoms with Gasteiger partial charge in [0.15, 0.2) is 5.54 Å². The second-order valence-electron chi connectivity index (χ2n) is 12.6. The molecule has 0 bridgehead atoms. The van der Waals surface area contributed by atoms with Gasteiger partial charge in [-0.05, 0) is 78.9 Å². The van der Waals surface area contributed by atoms with E-state index in [9.17, 15) is 4.39 Å². The minimum atomic E-state index is -1.39. The lowest BCUT2D eigenvalue weighted by Crippen LogP contribution is -2.56. The van der Waals surface area contributed by atoms with Gasteiger partial charge in [-0.1, -0.05) is 81.1 Å². The zero-order valence-corrected chi connectivity index (χ0v) is 27.6. The van der Waals surface area contributed by atoms with Gasteiger partial charge in [0.2, 0.25) is 0 Å². The van der Waals surface area contributed by atoms with E-state index in [0.29, 0.717) is 28.8 Å². The molecule has 1 amide bonds. The van der Waals surface area contributed by atoms with Crippen molar-refractivity contribution in [3.05, 3.63) is 117 Å². The van der Waals surface area contributed by atoms with Crippen molar-refractivity contribution in [2.24, 2.45) is 0 Å². The van der Waals surface area contributed by atoms with E-state index >= 15 is 4.79 Å². The highest BCUT2D eigenvalue weighted by Crippen LogP contribution is 2.55. The quantitative estimate of drug-likeness (QED) is 0.209. The lowest BCUT2D eigenvalue weighted by atomic mass is 9.78. The summed E-state index contributed by atoms with van der Waals surface area (Å²) in [5.74, 6) is 1.64. The first-order valence-corrected chi connectivity index (χ1v) is 16.4. The van der Waals surface area contributed by atoms with Gasteiger partial charge >= 0.3 is 0 Å². The SMILES string of the molecule is COc1ccc(/C=C2/c3c(C)nc(C(C)C)nc3N(Cc3ccc(Cl)cc3)C2(C(=O)NC2CCCCC2)c2ccc(F)cc2)cc1. The fourth-order valence-electron chi connectivity index (χ4n) is 6.76. The molecule has 1 atom stereocenters. The molecule has 3 aromatic carbocycles. The van der Waals surface area contributed by atoms with Crippen LogP contribution in [0.25, 0.3) is 11.6 Å². The Morgan fingerprint density at radius 1 is 1.02 bits per heavy atom. The first-order valence-electron chi connectivity index (χ1n) is 16.0. The maximum absolute atomic E-state index is 15.3. The summed E-state index contributed by atoms with van der Waals surface area (Å²) in [5, 5.41) is 4.09. The molecule has 238 valence electrons. The minimum Gasteiger partial charge on any atom is -0.497 e. The predicted octanol–water partition coefficient (Wildman–Crippen LogP) is 8.61. The molecule has 1 unspecified atom stereocenters. The number of aromatic nitrogens is 2. The van der Waals surface area contributed by atoms with E-state index in [1.165, 1.54) is 18.6 Å². The van der Waals surface area contributed by atoms with Crippen LogP contribution >= 0.6 is 11.6 Å². The molecule has 1 saturated carbocycles. The average molecular weight is 639 g/mol. The number of amides is 1. The van der Waals surface area contributed by atoms with Gasteiger partial charge in [0.25, 0.3) is 5.91 Å². The number of benzene rings is 3. The van der Waals surface area contributed by atoms with Crippen molar-refractivity contribution in [3.8, 4) is 5.75 Å². The third kappa shape index (κ3) is 6.01. The highest BCUT2D eigenvalue weighted by atomic mass is 35.5. The third-order valence-corrected chi connectivity index (χ3v) is 9.39. The number of fused-ring (bicyclic) bond motifs is 1. The molecule has 8 heteroatoms. The number of carbonyl (C=O) groups is 1. The van der Waals surface area contributed by atoms with E-state index in [1.807, 2.05) is 55.5 Å². The highest BCUT2D eigenvalue weighted by Gasteiger charge is 2.57. The molecule has 1 aliphatic heterocycles. The molecule has 2 aliphatic rings. The summed E-state index contributed by atoms with van der Waals surface area (Å²) in [6.45, 7) is 6.47. The topological polar surface area (TPSA) is 67.4 Å². The number of hydrogen-bond donors (Lipinski definition) is 1. The maximum atomic E-state index is 15.3. The molecule has 46 heavy (non-hydrogen) atoms. The molecule has 1 N–H and O–H groups in total. The summed E-state index contributed by atoms with van der Waals surface area (Å²) < 4.78 is 20.0. The number of rotatable bonds is 8. The monoisotopic (exact) mass is 638 g/mol. The Bertz CT molecular complexity index is 1730. The summed E-state index contributed by atoms with van der Waals surface area (Å²) in [7, 11) is 1.64. The van der Waals surface area contributed by atoms with E-state index in [0.717, 1.165) is 59.4 Å². The van der Waals surface area contributed by atoms with Crippen molar-refractivity contribution < 1.29 is 13.9 Å². The van der Waals surface area contributed by atoms with Crippen LogP contribution in [0.1, 0.15) is 85.6 Å². The van der Waals surface area contributed by atoms with E-state index in [4.69, 9.17) is 26.3 Å². The molecule has 6 nitrogen and oxygen atoms in total. The van der Waals surface area contributed by atoms with Gasteiger partial charge in [0.1, 0.15) is 23.2 Å². The Hall–Kier alpha value is -4.23. The number of aryl methyl sites for hydroxylation is 1. The van der Waals surface area contributed by atoms with Crippen molar-refractivity contribution in [1.82, 2.24) is 15.3 Å². The first kappa shape index (κ1) is 31.7. The zero-order valence-electron chi connectivity index (χ0n) is 26.8. The Labute approximate surface area is 275 Å². The van der Waals surface area contributed by atoms with Crippen molar-refractivity contribution in [1.29, 1.82) is 0 Å². The van der Waals surface area contributed by atoms with Crippen LogP contribution in [0.15, 0.2) is 72.8 Å². The molecule has 6 rings (SSSR count). The Kier molecular flexibility index (Phi) is 9.14. The smallest absolute Gasteiger partial charge is 0.255 e. The van der Waals surface area contributed by atoms with Crippen molar-refractivity contribution in [2.45, 2.75) is 76.9 Å². The number of methoxy groups -OCH3 is 1. The molecular weight excluding hydrogens is 599 g/mol. The Morgan fingerprint density at radius 3 is 2.33 bits per heavy atom. The fraction of sp³-hybridized carbons (Fsp3) is 0.342. The normalized spacial score (nSPS) is 19.0. The van der Waals surface area contributed by atoms with Gasteiger partial charge < -0.3 is 15.0 Å². The number of nitrogens with zero attached hydrogens (tertiary/aromatic N) is 3. The maximum Gasteiger partial charge on any atom is 0.255 e. The van der Waals surface area contributed by atoms with Crippen LogP contribution in [-0.4, -0.2) is 29.0 Å². The summed E-state index contributed by atoms with van der Waals surface area (Å²) in [4.78, 5) is 27.5. The Morgan fingerprint density at radius 2 is 1.70 bits per heavy atom. The van der Waals surface area contributed by atoms with E-state index in [2.05, 4.69) is 30.1 Å². The van der Waals surface area contributed by atoms with Crippen molar-refractivity contribution in [2.75, 3.05) is 12.0 Å². The van der Waals surface area contributed by atoms with Crippen LogP contribution in [0, 0.1) is 12.7 Å². The lowest BCUT2D eigenvalue weighted by molar-refractivity contribution is -0.125. The molecule has 1 fully saturated rings. The molecule has 1 aliphatic carbocycles. The van der Waals surface area contributed by atoms with Crippen molar-refractivity contribution in [3.63, 3.8) is 0 Å².